The molecule has 6 nitrogen and oxygen atoms in total. The number of likely N-dealkylation sites (N-methyl/N-ethyl adjacent to an activating group) is 1. The third-order valence-electron chi connectivity index (χ3n) is 4.27. The van der Waals surface area contributed by atoms with E-state index in [9.17, 15) is 13.2 Å². The average Bonchev–Trinajstić information content (AvgIpc) is 2.58. The smallest absolute Gasteiger partial charge is 0.229 e. The number of nitrogens with one attached hydrogen (secondary N) is 1. The van der Waals surface area contributed by atoms with Crippen molar-refractivity contribution in [2.24, 2.45) is 0 Å². The van der Waals surface area contributed by atoms with Crippen molar-refractivity contribution in [2.75, 3.05) is 31.2 Å². The Kier molecular flexibility index (Phi) is 7.32. The molecule has 152 valence electrons. The Morgan fingerprint density at radius 1 is 1.14 bits per heavy atom. The van der Waals surface area contributed by atoms with E-state index in [1.807, 2.05) is 32.0 Å². The molecule has 0 saturated carbocycles. The third kappa shape index (κ3) is 6.73. The summed E-state index contributed by atoms with van der Waals surface area (Å²) < 4.78 is 30.5. The molecule has 8 heteroatoms. The molecule has 0 aliphatic rings. The fourth-order valence-electron chi connectivity index (χ4n) is 2.54. The SMILES string of the molecule is Cc1ccc(CC(=O)N(C)CCOc2ccc(NS(C)(=O)=O)cc2Cl)cc1C. The molecule has 0 radical (unpaired) electrons. The van der Waals surface area contributed by atoms with Gasteiger partial charge in [-0.1, -0.05) is 29.8 Å². The van der Waals surface area contributed by atoms with Gasteiger partial charge in [-0.25, -0.2) is 8.42 Å². The fourth-order valence-corrected chi connectivity index (χ4v) is 3.33. The van der Waals surface area contributed by atoms with E-state index in [2.05, 4.69) is 4.72 Å². The first-order chi connectivity index (χ1) is 13.0. The molecular formula is C20H25ClN2O4S. The summed E-state index contributed by atoms with van der Waals surface area (Å²) in [6.07, 6.45) is 1.40. The number of halogens is 1. The first kappa shape index (κ1) is 22.0. The molecule has 0 saturated heterocycles. The van der Waals surface area contributed by atoms with Crippen LogP contribution in [0.2, 0.25) is 5.02 Å². The van der Waals surface area contributed by atoms with E-state index >= 15 is 0 Å². The van der Waals surface area contributed by atoms with Crippen molar-refractivity contribution in [3.8, 4) is 5.75 Å². The Bertz CT molecular complexity index is 961. The van der Waals surface area contributed by atoms with Crippen molar-refractivity contribution in [1.29, 1.82) is 0 Å². The molecular weight excluding hydrogens is 400 g/mol. The van der Waals surface area contributed by atoms with Gasteiger partial charge in [0.05, 0.1) is 29.9 Å². The minimum atomic E-state index is -3.37. The van der Waals surface area contributed by atoms with Gasteiger partial charge in [0.15, 0.2) is 0 Å². The van der Waals surface area contributed by atoms with E-state index in [0.717, 1.165) is 11.8 Å². The second-order valence-corrected chi connectivity index (χ2v) is 8.93. The predicted octanol–water partition coefficient (Wildman–Crippen LogP) is 3.41. The topological polar surface area (TPSA) is 75.7 Å². The Hall–Kier alpha value is -2.25. The van der Waals surface area contributed by atoms with Gasteiger partial charge in [-0.15, -0.1) is 0 Å². The molecule has 28 heavy (non-hydrogen) atoms. The number of ether oxygens (including phenoxy) is 1. The summed E-state index contributed by atoms with van der Waals surface area (Å²) in [6.45, 7) is 4.75. The summed E-state index contributed by atoms with van der Waals surface area (Å²) in [6, 6.07) is 10.7. The number of hydrogen-bond acceptors (Lipinski definition) is 4. The summed E-state index contributed by atoms with van der Waals surface area (Å²) in [5.41, 5.74) is 3.71. The lowest BCUT2D eigenvalue weighted by Gasteiger charge is -2.18. The predicted molar refractivity (Wildman–Crippen MR) is 113 cm³/mol. The van der Waals surface area contributed by atoms with Gasteiger partial charge in [0, 0.05) is 7.05 Å². The fraction of sp³-hybridized carbons (Fsp3) is 0.350. The number of aryl methyl sites for hydroxylation is 2. The van der Waals surface area contributed by atoms with Gasteiger partial charge in [-0.2, -0.15) is 0 Å². The maximum Gasteiger partial charge on any atom is 0.229 e. The Morgan fingerprint density at radius 2 is 1.86 bits per heavy atom. The van der Waals surface area contributed by atoms with Crippen LogP contribution in [0.1, 0.15) is 16.7 Å². The lowest BCUT2D eigenvalue weighted by molar-refractivity contribution is -0.129. The number of nitrogens with zero attached hydrogens (tertiary/aromatic N) is 1. The molecule has 2 rings (SSSR count). The molecule has 0 aliphatic carbocycles. The Morgan fingerprint density at radius 3 is 2.46 bits per heavy atom. The summed E-state index contributed by atoms with van der Waals surface area (Å²) in [7, 11) is -1.64. The van der Waals surface area contributed by atoms with E-state index in [1.54, 1.807) is 24.1 Å². The van der Waals surface area contributed by atoms with E-state index in [0.29, 0.717) is 24.4 Å². The van der Waals surface area contributed by atoms with Gasteiger partial charge in [0.25, 0.3) is 0 Å². The first-order valence-corrected chi connectivity index (χ1v) is 11.0. The molecule has 0 bridgehead atoms. The van der Waals surface area contributed by atoms with Crippen molar-refractivity contribution in [3.63, 3.8) is 0 Å². The molecule has 0 fully saturated rings. The second kappa shape index (κ2) is 9.30. The van der Waals surface area contributed by atoms with E-state index in [-0.39, 0.29) is 17.5 Å². The molecule has 0 unspecified atom stereocenters. The van der Waals surface area contributed by atoms with Crippen molar-refractivity contribution in [3.05, 3.63) is 58.1 Å². The summed E-state index contributed by atoms with van der Waals surface area (Å²) >= 11 is 6.13. The minimum Gasteiger partial charge on any atom is -0.490 e. The Balaban J connectivity index is 1.86. The van der Waals surface area contributed by atoms with Crippen LogP contribution in [-0.2, 0) is 21.2 Å². The quantitative estimate of drug-likeness (QED) is 0.704. The largest absolute Gasteiger partial charge is 0.490 e. The van der Waals surface area contributed by atoms with Crippen LogP contribution in [-0.4, -0.2) is 45.7 Å². The zero-order valence-electron chi connectivity index (χ0n) is 16.5. The van der Waals surface area contributed by atoms with E-state index < -0.39 is 10.0 Å². The zero-order chi connectivity index (χ0) is 20.9. The normalized spacial score (nSPS) is 11.2. The van der Waals surface area contributed by atoms with Crippen LogP contribution < -0.4 is 9.46 Å². The Labute approximate surface area is 171 Å². The molecule has 0 atom stereocenters. The number of benzene rings is 2. The molecule has 2 aromatic carbocycles. The molecule has 0 aromatic heterocycles. The van der Waals surface area contributed by atoms with Crippen LogP contribution in [0, 0.1) is 13.8 Å². The van der Waals surface area contributed by atoms with Crippen LogP contribution in [0.3, 0.4) is 0 Å². The maximum absolute atomic E-state index is 12.4. The van der Waals surface area contributed by atoms with E-state index in [1.165, 1.54) is 17.2 Å². The van der Waals surface area contributed by atoms with Gasteiger partial charge in [0.2, 0.25) is 15.9 Å². The van der Waals surface area contributed by atoms with Crippen LogP contribution >= 0.6 is 11.6 Å². The third-order valence-corrected chi connectivity index (χ3v) is 5.17. The van der Waals surface area contributed by atoms with Crippen molar-refractivity contribution in [2.45, 2.75) is 20.3 Å². The van der Waals surface area contributed by atoms with Gasteiger partial charge in [-0.3, -0.25) is 9.52 Å². The molecule has 0 aliphatic heterocycles. The second-order valence-electron chi connectivity index (χ2n) is 6.78. The number of carbonyl (C=O) groups is 1. The van der Waals surface area contributed by atoms with Crippen LogP contribution in [0.25, 0.3) is 0 Å². The highest BCUT2D eigenvalue weighted by molar-refractivity contribution is 7.92. The highest BCUT2D eigenvalue weighted by atomic mass is 35.5. The van der Waals surface area contributed by atoms with E-state index in [4.69, 9.17) is 16.3 Å². The maximum atomic E-state index is 12.4. The minimum absolute atomic E-state index is 0.00523. The van der Waals surface area contributed by atoms with Crippen molar-refractivity contribution >= 4 is 33.2 Å². The summed E-state index contributed by atoms with van der Waals surface area (Å²) in [5.74, 6) is 0.432. The number of sulfonamides is 1. The number of amides is 1. The van der Waals surface area contributed by atoms with Crippen LogP contribution in [0.15, 0.2) is 36.4 Å². The zero-order valence-corrected chi connectivity index (χ0v) is 18.0. The summed E-state index contributed by atoms with van der Waals surface area (Å²) in [5, 5.41) is 0.290. The first-order valence-electron chi connectivity index (χ1n) is 8.75. The van der Waals surface area contributed by atoms with Gasteiger partial charge < -0.3 is 9.64 Å². The number of hydrogen-bond donors (Lipinski definition) is 1. The molecule has 0 spiro atoms. The number of rotatable bonds is 8. The average molecular weight is 425 g/mol. The highest BCUT2D eigenvalue weighted by Crippen LogP contribution is 2.28. The highest BCUT2D eigenvalue weighted by Gasteiger charge is 2.11. The molecule has 1 N–H and O–H groups in total. The monoisotopic (exact) mass is 424 g/mol. The lowest BCUT2D eigenvalue weighted by atomic mass is 10.0. The molecule has 1 amide bonds. The molecule has 0 heterocycles. The van der Waals surface area contributed by atoms with Crippen LogP contribution in [0.4, 0.5) is 5.69 Å². The van der Waals surface area contributed by atoms with Crippen molar-refractivity contribution < 1.29 is 17.9 Å². The van der Waals surface area contributed by atoms with Crippen LogP contribution in [0.5, 0.6) is 5.75 Å². The summed E-state index contributed by atoms with van der Waals surface area (Å²) in [4.78, 5) is 14.0. The lowest BCUT2D eigenvalue weighted by Crippen LogP contribution is -2.32. The van der Waals surface area contributed by atoms with Gasteiger partial charge >= 0.3 is 0 Å². The number of anilines is 1. The van der Waals surface area contributed by atoms with Gasteiger partial charge in [0.1, 0.15) is 12.4 Å². The van der Waals surface area contributed by atoms with Crippen molar-refractivity contribution in [1.82, 2.24) is 4.90 Å². The standard InChI is InChI=1S/C20H25ClN2O4S/c1-14-5-6-16(11-15(14)2)12-20(24)23(3)9-10-27-19-8-7-17(13-18(19)21)22-28(4,25)26/h5-8,11,13,22H,9-10,12H2,1-4H3. The molecule has 2 aromatic rings. The van der Waals surface area contributed by atoms with Gasteiger partial charge in [-0.05, 0) is 48.7 Å². The number of carbonyl (C=O) groups excluding carboxylic acids is 1.